The van der Waals surface area contributed by atoms with Crippen LogP contribution in [0.15, 0.2) is 47.6 Å². The highest BCUT2D eigenvalue weighted by Crippen LogP contribution is 2.29. The molecule has 0 aromatic heterocycles. The fourth-order valence-corrected chi connectivity index (χ4v) is 3.36. The summed E-state index contributed by atoms with van der Waals surface area (Å²) in [5.74, 6) is 2.15. The van der Waals surface area contributed by atoms with E-state index in [0.717, 1.165) is 11.4 Å². The minimum Gasteiger partial charge on any atom is -0.457 e. The zero-order valence-electron chi connectivity index (χ0n) is 14.8. The van der Waals surface area contributed by atoms with Gasteiger partial charge in [-0.25, -0.2) is 0 Å². The lowest BCUT2D eigenvalue weighted by atomic mass is 10.2. The maximum Gasteiger partial charge on any atom is 0.176 e. The Morgan fingerprint density at radius 2 is 1.78 bits per heavy atom. The molecule has 0 bridgehead atoms. The van der Waals surface area contributed by atoms with Gasteiger partial charge in [-0.15, -0.1) is 0 Å². The first-order valence-corrected chi connectivity index (χ1v) is 9.35. The number of hydrazone groups is 1. The van der Waals surface area contributed by atoms with Crippen molar-refractivity contribution in [3.63, 3.8) is 0 Å². The summed E-state index contributed by atoms with van der Waals surface area (Å²) in [4.78, 5) is 2.04. The number of rotatable bonds is 5. The second-order valence-electron chi connectivity index (χ2n) is 6.32. The normalized spacial score (nSPS) is 17.5. The Hall–Kier alpha value is -1.99. The predicted octanol–water partition coefficient (Wildman–Crippen LogP) is 4.03. The minimum atomic E-state index is -0.230. The van der Waals surface area contributed by atoms with Crippen LogP contribution in [0.25, 0.3) is 0 Å². The van der Waals surface area contributed by atoms with E-state index in [1.165, 1.54) is 0 Å². The molecule has 0 saturated carbocycles. The van der Waals surface area contributed by atoms with Gasteiger partial charge in [-0.2, -0.15) is 5.10 Å². The Morgan fingerprint density at radius 1 is 1.07 bits per heavy atom. The fourth-order valence-electron chi connectivity index (χ4n) is 2.98. The smallest absolute Gasteiger partial charge is 0.176 e. The van der Waals surface area contributed by atoms with Gasteiger partial charge < -0.3 is 19.1 Å². The highest BCUT2D eigenvalue weighted by Gasteiger charge is 2.27. The van der Waals surface area contributed by atoms with Gasteiger partial charge in [0.05, 0.1) is 24.8 Å². The number of nitrogens with zero attached hydrogens (tertiary/aromatic N) is 3. The molecule has 0 aliphatic carbocycles. The van der Waals surface area contributed by atoms with Crippen LogP contribution in [0.4, 0.5) is 0 Å². The molecule has 4 rings (SSSR count). The lowest BCUT2D eigenvalue weighted by Crippen LogP contribution is -2.32. The Bertz CT molecular complexity index is 839. The molecule has 0 N–H and O–H groups in total. The second kappa shape index (κ2) is 7.94. The summed E-state index contributed by atoms with van der Waals surface area (Å²) in [6, 6.07) is 12.7. The molecule has 27 heavy (non-hydrogen) atoms. The van der Waals surface area contributed by atoms with E-state index in [-0.39, 0.29) is 6.29 Å². The molecule has 0 radical (unpaired) electrons. The molecule has 2 aromatic carbocycles. The van der Waals surface area contributed by atoms with E-state index in [4.69, 9.17) is 37.4 Å². The van der Waals surface area contributed by atoms with Gasteiger partial charge in [-0.05, 0) is 36.4 Å². The van der Waals surface area contributed by atoms with E-state index in [9.17, 15) is 0 Å². The molecule has 0 amide bonds. The van der Waals surface area contributed by atoms with Crippen LogP contribution in [-0.2, 0) is 9.47 Å². The van der Waals surface area contributed by atoms with Gasteiger partial charge in [-0.3, -0.25) is 5.01 Å². The van der Waals surface area contributed by atoms with Gasteiger partial charge in [0, 0.05) is 23.7 Å². The van der Waals surface area contributed by atoms with Gasteiger partial charge in [0.25, 0.3) is 0 Å². The molecule has 2 aliphatic rings. The topological polar surface area (TPSA) is 46.5 Å². The molecular formula is C19H19Cl2N3O3. The van der Waals surface area contributed by atoms with Crippen LogP contribution in [0.3, 0.4) is 0 Å². The summed E-state index contributed by atoms with van der Waals surface area (Å²) >= 11 is 12.4. The molecule has 0 unspecified atom stereocenters. The maximum absolute atomic E-state index is 6.51. The first-order valence-electron chi connectivity index (χ1n) is 8.60. The van der Waals surface area contributed by atoms with Crippen LogP contribution in [0, 0.1) is 0 Å². The molecule has 6 nitrogen and oxygen atoms in total. The van der Waals surface area contributed by atoms with Crippen molar-refractivity contribution in [2.24, 2.45) is 5.10 Å². The van der Waals surface area contributed by atoms with Crippen molar-refractivity contribution in [2.45, 2.75) is 6.29 Å². The third kappa shape index (κ3) is 4.30. The zero-order chi connectivity index (χ0) is 18.8. The van der Waals surface area contributed by atoms with Gasteiger partial charge in [0.1, 0.15) is 18.2 Å². The van der Waals surface area contributed by atoms with Crippen molar-refractivity contribution in [2.75, 3.05) is 33.5 Å². The summed E-state index contributed by atoms with van der Waals surface area (Å²) < 4.78 is 16.8. The van der Waals surface area contributed by atoms with Crippen LogP contribution in [0.5, 0.6) is 11.5 Å². The second-order valence-corrected chi connectivity index (χ2v) is 7.16. The first-order chi connectivity index (χ1) is 13.1. The van der Waals surface area contributed by atoms with E-state index in [0.29, 0.717) is 48.0 Å². The largest absolute Gasteiger partial charge is 0.457 e. The lowest BCUT2D eigenvalue weighted by molar-refractivity contribution is -0.0626. The molecule has 0 atom stereocenters. The summed E-state index contributed by atoms with van der Waals surface area (Å²) in [5.41, 5.74) is 0.846. The molecule has 0 spiro atoms. The molecule has 142 valence electrons. The SMILES string of the molecule is CN1CN(CC2OCCO2)N=C1c1ccc(Oc2ccc(Cl)cc2)cc1Cl. The number of amidine groups is 1. The van der Waals surface area contributed by atoms with E-state index in [1.54, 1.807) is 18.2 Å². The summed E-state index contributed by atoms with van der Waals surface area (Å²) in [5, 5.41) is 7.81. The zero-order valence-corrected chi connectivity index (χ0v) is 16.3. The fraction of sp³-hybridized carbons (Fsp3) is 0.316. The van der Waals surface area contributed by atoms with Crippen molar-refractivity contribution < 1.29 is 14.2 Å². The first kappa shape index (κ1) is 18.4. The van der Waals surface area contributed by atoms with Crippen molar-refractivity contribution in [1.29, 1.82) is 0 Å². The van der Waals surface area contributed by atoms with Crippen LogP contribution < -0.4 is 4.74 Å². The number of hydrogen-bond donors (Lipinski definition) is 0. The molecular weight excluding hydrogens is 389 g/mol. The number of hydrogen-bond acceptors (Lipinski definition) is 6. The van der Waals surface area contributed by atoms with Crippen molar-refractivity contribution in [3.05, 3.63) is 58.1 Å². The Kier molecular flexibility index (Phi) is 5.41. The summed E-state index contributed by atoms with van der Waals surface area (Å²) in [6.07, 6.45) is -0.230. The average molecular weight is 408 g/mol. The van der Waals surface area contributed by atoms with Crippen molar-refractivity contribution in [1.82, 2.24) is 9.91 Å². The quantitative estimate of drug-likeness (QED) is 0.748. The van der Waals surface area contributed by atoms with Gasteiger partial charge in [0.2, 0.25) is 0 Å². The molecule has 1 fully saturated rings. The number of halogens is 2. The van der Waals surface area contributed by atoms with E-state index in [2.05, 4.69) is 5.10 Å². The van der Waals surface area contributed by atoms with Crippen LogP contribution >= 0.6 is 23.2 Å². The lowest BCUT2D eigenvalue weighted by Gasteiger charge is -2.19. The Labute approximate surface area is 167 Å². The summed E-state index contributed by atoms with van der Waals surface area (Å²) in [6.45, 7) is 2.50. The van der Waals surface area contributed by atoms with E-state index < -0.39 is 0 Å². The third-order valence-electron chi connectivity index (χ3n) is 4.25. The Morgan fingerprint density at radius 3 is 2.48 bits per heavy atom. The molecule has 2 heterocycles. The molecule has 2 aromatic rings. The Balaban J connectivity index is 1.48. The van der Waals surface area contributed by atoms with E-state index in [1.807, 2.05) is 41.2 Å². The highest BCUT2D eigenvalue weighted by atomic mass is 35.5. The van der Waals surface area contributed by atoms with Gasteiger partial charge >= 0.3 is 0 Å². The van der Waals surface area contributed by atoms with Gasteiger partial charge in [-0.1, -0.05) is 23.2 Å². The standard InChI is InChI=1S/C19H19Cl2N3O3/c1-23-12-24(11-18-25-8-9-26-18)22-19(23)16-7-6-15(10-17(16)21)27-14-4-2-13(20)3-5-14/h2-7,10,18H,8-9,11-12H2,1H3. The van der Waals surface area contributed by atoms with Crippen molar-refractivity contribution >= 4 is 29.0 Å². The van der Waals surface area contributed by atoms with Gasteiger partial charge in [0.15, 0.2) is 12.1 Å². The molecule has 2 aliphatic heterocycles. The number of ether oxygens (including phenoxy) is 3. The summed E-state index contributed by atoms with van der Waals surface area (Å²) in [7, 11) is 1.98. The highest BCUT2D eigenvalue weighted by molar-refractivity contribution is 6.34. The predicted molar refractivity (Wildman–Crippen MR) is 105 cm³/mol. The molecule has 8 heteroatoms. The van der Waals surface area contributed by atoms with Crippen LogP contribution in [0.1, 0.15) is 5.56 Å². The minimum absolute atomic E-state index is 0.230. The molecule has 1 saturated heterocycles. The average Bonchev–Trinajstić information content (AvgIpc) is 3.27. The van der Waals surface area contributed by atoms with Crippen LogP contribution in [0.2, 0.25) is 10.0 Å². The monoisotopic (exact) mass is 407 g/mol. The number of benzene rings is 2. The maximum atomic E-state index is 6.51. The van der Waals surface area contributed by atoms with E-state index >= 15 is 0 Å². The van der Waals surface area contributed by atoms with Crippen LogP contribution in [-0.4, -0.2) is 55.5 Å². The third-order valence-corrected chi connectivity index (χ3v) is 4.82. The van der Waals surface area contributed by atoms with Crippen molar-refractivity contribution in [3.8, 4) is 11.5 Å².